The van der Waals surface area contributed by atoms with E-state index >= 15 is 0 Å². The highest BCUT2D eigenvalue weighted by atomic mass is 16.4. The lowest BCUT2D eigenvalue weighted by atomic mass is 10.0. The zero-order valence-corrected chi connectivity index (χ0v) is 11.1. The van der Waals surface area contributed by atoms with Gasteiger partial charge >= 0.3 is 5.97 Å². The maximum atomic E-state index is 12.3. The first-order chi connectivity index (χ1) is 8.93. The average Bonchev–Trinajstić information content (AvgIpc) is 2.60. The van der Waals surface area contributed by atoms with Gasteiger partial charge in [-0.25, -0.2) is 4.79 Å². The summed E-state index contributed by atoms with van der Waals surface area (Å²) in [5.41, 5.74) is 1.73. The van der Waals surface area contributed by atoms with Gasteiger partial charge in [-0.05, 0) is 18.4 Å². The Bertz CT molecular complexity index is 513. The van der Waals surface area contributed by atoms with Gasteiger partial charge in [0.25, 0.3) is 5.91 Å². The first-order valence-electron chi connectivity index (χ1n) is 6.28. The Morgan fingerprint density at radius 1 is 1.32 bits per heavy atom. The number of aliphatic carboxylic acids is 1. The van der Waals surface area contributed by atoms with E-state index in [-0.39, 0.29) is 11.8 Å². The zero-order valence-electron chi connectivity index (χ0n) is 11.1. The molecule has 0 aliphatic carbocycles. The van der Waals surface area contributed by atoms with Crippen LogP contribution in [0.3, 0.4) is 0 Å². The molecule has 1 amide bonds. The second-order valence-electron chi connectivity index (χ2n) is 5.15. The van der Waals surface area contributed by atoms with Crippen LogP contribution in [-0.4, -0.2) is 27.9 Å². The topological polar surface area (TPSA) is 57.6 Å². The molecule has 4 heteroatoms. The Morgan fingerprint density at radius 2 is 1.89 bits per heavy atom. The molecule has 1 N–H and O–H groups in total. The van der Waals surface area contributed by atoms with Crippen molar-refractivity contribution in [1.82, 2.24) is 4.90 Å². The van der Waals surface area contributed by atoms with Crippen molar-refractivity contribution in [3.05, 3.63) is 42.0 Å². The summed E-state index contributed by atoms with van der Waals surface area (Å²) in [4.78, 5) is 25.1. The number of fused-ring (bicyclic) bond motifs is 1. The first kappa shape index (κ1) is 13.3. The molecule has 1 aliphatic rings. The Balaban J connectivity index is 2.39. The summed E-state index contributed by atoms with van der Waals surface area (Å²) in [6, 6.07) is 6.23. The minimum Gasteiger partial charge on any atom is -0.480 e. The van der Waals surface area contributed by atoms with E-state index in [0.29, 0.717) is 17.7 Å². The lowest BCUT2D eigenvalue weighted by molar-refractivity contribution is -0.141. The molecule has 0 saturated heterocycles. The normalized spacial score (nSPS) is 15.8. The number of amides is 1. The molecular weight excluding hydrogens is 242 g/mol. The van der Waals surface area contributed by atoms with Gasteiger partial charge in [0.1, 0.15) is 6.04 Å². The van der Waals surface area contributed by atoms with Gasteiger partial charge in [-0.2, -0.15) is 0 Å². The van der Waals surface area contributed by atoms with Gasteiger partial charge in [-0.3, -0.25) is 9.69 Å². The van der Waals surface area contributed by atoms with Gasteiger partial charge in [-0.1, -0.05) is 38.6 Å². The van der Waals surface area contributed by atoms with E-state index in [1.165, 1.54) is 4.90 Å². The van der Waals surface area contributed by atoms with Gasteiger partial charge in [0.15, 0.2) is 0 Å². The van der Waals surface area contributed by atoms with Gasteiger partial charge in [-0.15, -0.1) is 0 Å². The molecule has 1 heterocycles. The van der Waals surface area contributed by atoms with E-state index in [4.69, 9.17) is 0 Å². The molecule has 1 aromatic carbocycles. The van der Waals surface area contributed by atoms with Crippen molar-refractivity contribution in [1.29, 1.82) is 0 Å². The summed E-state index contributed by atoms with van der Waals surface area (Å²) in [6.45, 7) is 7.75. The van der Waals surface area contributed by atoms with Crippen LogP contribution < -0.4 is 0 Å². The predicted molar refractivity (Wildman–Crippen MR) is 72.5 cm³/mol. The number of carboxylic acids is 1. The number of hydrogen-bond acceptors (Lipinski definition) is 2. The number of nitrogens with zero attached hydrogens (tertiary/aromatic N) is 1. The molecule has 4 nitrogen and oxygen atoms in total. The van der Waals surface area contributed by atoms with E-state index in [9.17, 15) is 14.7 Å². The van der Waals surface area contributed by atoms with Crippen molar-refractivity contribution in [2.24, 2.45) is 5.92 Å². The largest absolute Gasteiger partial charge is 0.480 e. The second kappa shape index (κ2) is 4.88. The third-order valence-corrected chi connectivity index (χ3v) is 3.27. The maximum Gasteiger partial charge on any atom is 0.326 e. The maximum absolute atomic E-state index is 12.3. The lowest BCUT2D eigenvalue weighted by Gasteiger charge is -2.26. The molecule has 1 atom stereocenters. The molecule has 0 radical (unpaired) electrons. The van der Waals surface area contributed by atoms with Crippen LogP contribution >= 0.6 is 0 Å². The number of carbonyl (C=O) groups is 2. The fourth-order valence-corrected chi connectivity index (χ4v) is 2.40. The quantitative estimate of drug-likeness (QED) is 0.904. The Morgan fingerprint density at radius 3 is 2.37 bits per heavy atom. The third kappa shape index (κ3) is 2.26. The molecule has 1 aliphatic heterocycles. The van der Waals surface area contributed by atoms with E-state index < -0.39 is 12.0 Å². The van der Waals surface area contributed by atoms with Crippen molar-refractivity contribution >= 4 is 17.6 Å². The van der Waals surface area contributed by atoms with Gasteiger partial charge in [0, 0.05) is 16.8 Å². The molecule has 1 aromatic rings. The summed E-state index contributed by atoms with van der Waals surface area (Å²) < 4.78 is 0. The predicted octanol–water partition coefficient (Wildman–Crippen LogP) is 2.61. The molecule has 19 heavy (non-hydrogen) atoms. The third-order valence-electron chi connectivity index (χ3n) is 3.27. The van der Waals surface area contributed by atoms with E-state index in [1.54, 1.807) is 18.2 Å². The summed E-state index contributed by atoms with van der Waals surface area (Å²) in [5, 5.41) is 9.36. The SMILES string of the molecule is C=C1c2ccccc2C(=O)N1C(CC(C)C)C(=O)O. The van der Waals surface area contributed by atoms with E-state index in [0.717, 1.165) is 5.56 Å². The highest BCUT2D eigenvalue weighted by molar-refractivity contribution is 6.10. The molecule has 0 spiro atoms. The van der Waals surface area contributed by atoms with Crippen LogP contribution in [0.2, 0.25) is 0 Å². The number of hydrogen-bond donors (Lipinski definition) is 1. The molecule has 0 saturated carbocycles. The smallest absolute Gasteiger partial charge is 0.326 e. The van der Waals surface area contributed by atoms with Crippen LogP contribution in [0.25, 0.3) is 5.70 Å². The Kier molecular flexibility index (Phi) is 3.42. The second-order valence-corrected chi connectivity index (χ2v) is 5.15. The van der Waals surface area contributed by atoms with Crippen LogP contribution in [0, 0.1) is 5.92 Å². The van der Waals surface area contributed by atoms with E-state index in [2.05, 4.69) is 6.58 Å². The minimum atomic E-state index is -0.990. The highest BCUT2D eigenvalue weighted by Gasteiger charge is 2.39. The van der Waals surface area contributed by atoms with Crippen LogP contribution in [-0.2, 0) is 4.79 Å². The van der Waals surface area contributed by atoms with Crippen LogP contribution in [0.1, 0.15) is 36.2 Å². The number of carboxylic acid groups (broad SMARTS) is 1. The fraction of sp³-hybridized carbons (Fsp3) is 0.333. The molecule has 0 aromatic heterocycles. The van der Waals surface area contributed by atoms with Gasteiger partial charge in [0.2, 0.25) is 0 Å². The first-order valence-corrected chi connectivity index (χ1v) is 6.28. The van der Waals surface area contributed by atoms with Crippen LogP contribution in [0.4, 0.5) is 0 Å². The molecular formula is C15H17NO3. The minimum absolute atomic E-state index is 0.186. The Hall–Kier alpha value is -2.10. The summed E-state index contributed by atoms with van der Waals surface area (Å²) in [5.74, 6) is -1.07. The van der Waals surface area contributed by atoms with Crippen molar-refractivity contribution in [2.75, 3.05) is 0 Å². The standard InChI is InChI=1S/C15H17NO3/c1-9(2)8-13(15(18)19)16-10(3)11-6-4-5-7-12(11)14(16)17/h4-7,9,13H,3,8H2,1-2H3,(H,18,19). The lowest BCUT2D eigenvalue weighted by Crippen LogP contribution is -2.41. The average molecular weight is 259 g/mol. The fourth-order valence-electron chi connectivity index (χ4n) is 2.40. The summed E-state index contributed by atoms with van der Waals surface area (Å²) in [6.07, 6.45) is 0.411. The summed E-state index contributed by atoms with van der Waals surface area (Å²) >= 11 is 0. The highest BCUT2D eigenvalue weighted by Crippen LogP contribution is 2.34. The van der Waals surface area contributed by atoms with Gasteiger partial charge in [0.05, 0.1) is 0 Å². The molecule has 2 rings (SSSR count). The number of rotatable bonds is 4. The summed E-state index contributed by atoms with van der Waals surface area (Å²) in [7, 11) is 0. The van der Waals surface area contributed by atoms with Crippen molar-refractivity contribution in [2.45, 2.75) is 26.3 Å². The van der Waals surface area contributed by atoms with Crippen molar-refractivity contribution in [3.63, 3.8) is 0 Å². The van der Waals surface area contributed by atoms with Crippen molar-refractivity contribution < 1.29 is 14.7 Å². The van der Waals surface area contributed by atoms with Gasteiger partial charge < -0.3 is 5.11 Å². The molecule has 100 valence electrons. The van der Waals surface area contributed by atoms with E-state index in [1.807, 2.05) is 19.9 Å². The molecule has 0 bridgehead atoms. The van der Waals surface area contributed by atoms with Crippen LogP contribution in [0.5, 0.6) is 0 Å². The molecule has 1 unspecified atom stereocenters. The van der Waals surface area contributed by atoms with Crippen molar-refractivity contribution in [3.8, 4) is 0 Å². The number of benzene rings is 1. The zero-order chi connectivity index (χ0) is 14.2. The monoisotopic (exact) mass is 259 g/mol. The number of carbonyl (C=O) groups excluding carboxylic acids is 1. The van der Waals surface area contributed by atoms with Crippen LogP contribution in [0.15, 0.2) is 30.8 Å². The molecule has 0 fully saturated rings. The Labute approximate surface area is 112 Å².